The zero-order chi connectivity index (χ0) is 10.8. The van der Waals surface area contributed by atoms with Crippen LogP contribution in [0.2, 0.25) is 0 Å². The Balaban J connectivity index is 2.23. The summed E-state index contributed by atoms with van der Waals surface area (Å²) in [5.41, 5.74) is 0.165. The van der Waals surface area contributed by atoms with Crippen molar-refractivity contribution in [3.63, 3.8) is 0 Å². The van der Waals surface area contributed by atoms with E-state index in [1.165, 1.54) is 6.20 Å². The molecule has 0 spiro atoms. The molecule has 1 aliphatic rings. The highest BCUT2D eigenvalue weighted by atomic mass is 16.4. The molecule has 1 aromatic rings. The fourth-order valence-corrected chi connectivity index (χ4v) is 2.15. The predicted octanol–water partition coefficient (Wildman–Crippen LogP) is 0.919. The molecule has 2 rings (SSSR count). The molecule has 5 nitrogen and oxygen atoms in total. The van der Waals surface area contributed by atoms with Crippen molar-refractivity contribution in [3.8, 4) is 0 Å². The van der Waals surface area contributed by atoms with Crippen LogP contribution in [0.5, 0.6) is 0 Å². The Labute approximate surface area is 86.7 Å². The fraction of sp³-hybridized carbons (Fsp3) is 0.600. The molecule has 0 aromatic carbocycles. The SMILES string of the molecule is O=C(O)Cc1c[nH]n(C2CCCC2)c1=O. The second-order valence-electron chi connectivity index (χ2n) is 3.98. The average molecular weight is 210 g/mol. The minimum Gasteiger partial charge on any atom is -0.481 e. The Morgan fingerprint density at radius 3 is 2.80 bits per heavy atom. The molecule has 5 heteroatoms. The molecule has 0 atom stereocenters. The smallest absolute Gasteiger partial charge is 0.308 e. The minimum absolute atomic E-state index is 0.177. The minimum atomic E-state index is -0.968. The lowest BCUT2D eigenvalue weighted by Gasteiger charge is -2.08. The Kier molecular flexibility index (Phi) is 2.62. The largest absolute Gasteiger partial charge is 0.481 e. The monoisotopic (exact) mass is 210 g/mol. The van der Waals surface area contributed by atoms with Gasteiger partial charge in [-0.3, -0.25) is 9.59 Å². The zero-order valence-corrected chi connectivity index (χ0v) is 8.40. The number of carboxylic acids is 1. The Bertz CT molecular complexity index is 413. The van der Waals surface area contributed by atoms with Gasteiger partial charge >= 0.3 is 5.97 Å². The molecule has 0 bridgehead atoms. The van der Waals surface area contributed by atoms with Gasteiger partial charge in [-0.15, -0.1) is 0 Å². The molecule has 1 heterocycles. The Hall–Kier alpha value is -1.52. The summed E-state index contributed by atoms with van der Waals surface area (Å²) >= 11 is 0. The third-order valence-corrected chi connectivity index (χ3v) is 2.90. The van der Waals surface area contributed by atoms with Crippen molar-refractivity contribution < 1.29 is 9.90 Å². The van der Waals surface area contributed by atoms with E-state index in [1.807, 2.05) is 0 Å². The number of hydrogen-bond donors (Lipinski definition) is 2. The lowest BCUT2D eigenvalue weighted by molar-refractivity contribution is -0.136. The Morgan fingerprint density at radius 2 is 2.20 bits per heavy atom. The predicted molar refractivity (Wildman–Crippen MR) is 53.9 cm³/mol. The lowest BCUT2D eigenvalue weighted by Crippen LogP contribution is -2.23. The van der Waals surface area contributed by atoms with Crippen LogP contribution in [-0.2, 0) is 11.2 Å². The maximum atomic E-state index is 11.8. The van der Waals surface area contributed by atoms with Gasteiger partial charge in [0.2, 0.25) is 0 Å². The van der Waals surface area contributed by atoms with Gasteiger partial charge < -0.3 is 10.2 Å². The molecule has 1 aliphatic carbocycles. The molecule has 82 valence electrons. The van der Waals surface area contributed by atoms with E-state index < -0.39 is 5.97 Å². The number of hydrogen-bond acceptors (Lipinski definition) is 2. The van der Waals surface area contributed by atoms with Crippen molar-refractivity contribution in [1.29, 1.82) is 0 Å². The highest BCUT2D eigenvalue weighted by Crippen LogP contribution is 2.27. The van der Waals surface area contributed by atoms with E-state index in [9.17, 15) is 9.59 Å². The first-order valence-corrected chi connectivity index (χ1v) is 5.19. The second kappa shape index (κ2) is 3.92. The standard InChI is InChI=1S/C10H14N2O3/c13-9(14)5-7-6-11-12(10(7)15)8-3-1-2-4-8/h6,8,11H,1-5H2,(H,13,14). The van der Waals surface area contributed by atoms with Gasteiger partial charge in [0.15, 0.2) is 0 Å². The zero-order valence-electron chi connectivity index (χ0n) is 8.40. The summed E-state index contributed by atoms with van der Waals surface area (Å²) in [6.07, 6.45) is 5.61. The van der Waals surface area contributed by atoms with E-state index >= 15 is 0 Å². The van der Waals surface area contributed by atoms with E-state index in [4.69, 9.17) is 5.11 Å². The maximum Gasteiger partial charge on any atom is 0.308 e. The number of nitrogens with one attached hydrogen (secondary N) is 1. The number of aliphatic carboxylic acids is 1. The van der Waals surface area contributed by atoms with Crippen LogP contribution in [0.25, 0.3) is 0 Å². The number of nitrogens with zero attached hydrogens (tertiary/aromatic N) is 1. The van der Waals surface area contributed by atoms with Crippen LogP contribution < -0.4 is 5.56 Å². The quantitative estimate of drug-likeness (QED) is 0.778. The summed E-state index contributed by atoms with van der Waals surface area (Å²) in [5, 5.41) is 11.5. The van der Waals surface area contributed by atoms with E-state index in [-0.39, 0.29) is 18.0 Å². The number of rotatable bonds is 3. The first kappa shape index (κ1) is 10.0. The summed E-state index contributed by atoms with van der Waals surface area (Å²) in [4.78, 5) is 22.2. The molecule has 1 fully saturated rings. The van der Waals surface area contributed by atoms with Gasteiger partial charge in [-0.1, -0.05) is 12.8 Å². The van der Waals surface area contributed by atoms with Crippen LogP contribution in [0.3, 0.4) is 0 Å². The van der Waals surface area contributed by atoms with Gasteiger partial charge in [-0.25, -0.2) is 4.68 Å². The molecule has 1 aromatic heterocycles. The first-order chi connectivity index (χ1) is 7.18. The van der Waals surface area contributed by atoms with Gasteiger partial charge in [0.05, 0.1) is 12.5 Å². The van der Waals surface area contributed by atoms with E-state index in [2.05, 4.69) is 5.10 Å². The van der Waals surface area contributed by atoms with Crippen LogP contribution in [0.4, 0.5) is 0 Å². The lowest BCUT2D eigenvalue weighted by atomic mass is 10.2. The molecular formula is C10H14N2O3. The molecule has 1 saturated carbocycles. The number of aromatic amines is 1. The van der Waals surface area contributed by atoms with Crippen molar-refractivity contribution in [2.45, 2.75) is 38.1 Å². The van der Waals surface area contributed by atoms with Crippen molar-refractivity contribution in [3.05, 3.63) is 22.1 Å². The van der Waals surface area contributed by atoms with E-state index in [0.29, 0.717) is 5.56 Å². The van der Waals surface area contributed by atoms with Crippen LogP contribution in [0, 0.1) is 0 Å². The van der Waals surface area contributed by atoms with Crippen LogP contribution in [0.1, 0.15) is 37.3 Å². The summed E-state index contributed by atoms with van der Waals surface area (Å²) < 4.78 is 1.57. The second-order valence-corrected chi connectivity index (χ2v) is 3.98. The van der Waals surface area contributed by atoms with Crippen molar-refractivity contribution >= 4 is 5.97 Å². The maximum absolute atomic E-state index is 11.8. The van der Waals surface area contributed by atoms with Gasteiger partial charge in [0.1, 0.15) is 0 Å². The van der Waals surface area contributed by atoms with Crippen LogP contribution in [-0.4, -0.2) is 20.9 Å². The third-order valence-electron chi connectivity index (χ3n) is 2.90. The molecule has 2 N–H and O–H groups in total. The van der Waals surface area contributed by atoms with Gasteiger partial charge in [-0.05, 0) is 12.8 Å². The average Bonchev–Trinajstić information content (AvgIpc) is 2.76. The molecule has 0 saturated heterocycles. The summed E-state index contributed by atoms with van der Waals surface area (Å²) in [6.45, 7) is 0. The molecular weight excluding hydrogens is 196 g/mol. The van der Waals surface area contributed by atoms with Gasteiger partial charge in [0, 0.05) is 11.8 Å². The summed E-state index contributed by atoms with van der Waals surface area (Å²) in [6, 6.07) is 0.236. The molecule has 0 aliphatic heterocycles. The van der Waals surface area contributed by atoms with Crippen molar-refractivity contribution in [2.75, 3.05) is 0 Å². The molecule has 0 radical (unpaired) electrons. The summed E-state index contributed by atoms with van der Waals surface area (Å²) in [5.74, 6) is -0.968. The molecule has 0 amide bonds. The number of aromatic nitrogens is 2. The number of carboxylic acid groups (broad SMARTS) is 1. The number of H-pyrrole nitrogens is 1. The van der Waals surface area contributed by atoms with Gasteiger partial charge in [-0.2, -0.15) is 0 Å². The first-order valence-electron chi connectivity index (χ1n) is 5.19. The van der Waals surface area contributed by atoms with Crippen molar-refractivity contribution in [1.82, 2.24) is 9.78 Å². The normalized spacial score (nSPS) is 17.1. The highest BCUT2D eigenvalue weighted by molar-refractivity contribution is 5.69. The fourth-order valence-electron chi connectivity index (χ4n) is 2.15. The Morgan fingerprint density at radius 1 is 1.53 bits per heavy atom. The highest BCUT2D eigenvalue weighted by Gasteiger charge is 2.20. The van der Waals surface area contributed by atoms with E-state index in [1.54, 1.807) is 4.68 Å². The van der Waals surface area contributed by atoms with Crippen LogP contribution >= 0.6 is 0 Å². The molecule has 0 unspecified atom stereocenters. The van der Waals surface area contributed by atoms with Gasteiger partial charge in [0.25, 0.3) is 5.56 Å². The van der Waals surface area contributed by atoms with E-state index in [0.717, 1.165) is 25.7 Å². The molecule has 15 heavy (non-hydrogen) atoms. The third kappa shape index (κ3) is 1.95. The number of carbonyl (C=O) groups is 1. The summed E-state index contributed by atoms with van der Waals surface area (Å²) in [7, 11) is 0. The topological polar surface area (TPSA) is 75.1 Å². The van der Waals surface area contributed by atoms with Crippen LogP contribution in [0.15, 0.2) is 11.0 Å². The van der Waals surface area contributed by atoms with Crippen molar-refractivity contribution in [2.24, 2.45) is 0 Å².